The van der Waals surface area contributed by atoms with E-state index in [1.54, 1.807) is 0 Å². The highest BCUT2D eigenvalue weighted by atomic mass is 32.2. The van der Waals surface area contributed by atoms with Gasteiger partial charge in [0.05, 0.1) is 5.60 Å². The zero-order valence-corrected chi connectivity index (χ0v) is 12.1. The molecule has 2 fully saturated rings. The van der Waals surface area contributed by atoms with Gasteiger partial charge in [-0.25, -0.2) is 0 Å². The van der Waals surface area contributed by atoms with Crippen molar-refractivity contribution in [3.05, 3.63) is 0 Å². The lowest BCUT2D eigenvalue weighted by atomic mass is 9.71. The highest BCUT2D eigenvalue weighted by Gasteiger charge is 2.43. The van der Waals surface area contributed by atoms with Crippen LogP contribution in [0.25, 0.3) is 0 Å². The molecule has 1 aliphatic heterocycles. The van der Waals surface area contributed by atoms with Gasteiger partial charge in [0.15, 0.2) is 0 Å². The molecule has 3 atom stereocenters. The van der Waals surface area contributed by atoms with Crippen molar-refractivity contribution in [2.75, 3.05) is 12.4 Å². The monoisotopic (exact) mass is 257 g/mol. The zero-order chi connectivity index (χ0) is 12.3. The van der Waals surface area contributed by atoms with Crippen LogP contribution in [0.1, 0.15) is 52.4 Å². The van der Waals surface area contributed by atoms with Crippen molar-refractivity contribution in [3.63, 3.8) is 0 Å². The SMILES string of the molecule is CCC(C)SCC(N)C1CCOC2(CCC2)C1. The number of ether oxygens (including phenoxy) is 1. The third kappa shape index (κ3) is 3.39. The van der Waals surface area contributed by atoms with E-state index in [4.69, 9.17) is 10.5 Å². The molecule has 1 saturated heterocycles. The molecule has 1 spiro atoms. The van der Waals surface area contributed by atoms with Crippen molar-refractivity contribution in [2.24, 2.45) is 11.7 Å². The molecule has 2 aliphatic rings. The van der Waals surface area contributed by atoms with Gasteiger partial charge in [0, 0.05) is 23.7 Å². The second-order valence-electron chi connectivity index (χ2n) is 5.85. The fraction of sp³-hybridized carbons (Fsp3) is 1.00. The lowest BCUT2D eigenvalue weighted by Gasteiger charge is -2.48. The molecule has 0 aromatic rings. The lowest BCUT2D eigenvalue weighted by Crippen LogP contribution is -2.49. The molecule has 100 valence electrons. The Hall–Kier alpha value is 0.270. The predicted molar refractivity (Wildman–Crippen MR) is 75.4 cm³/mol. The maximum atomic E-state index is 6.37. The van der Waals surface area contributed by atoms with Crippen LogP contribution in [0.15, 0.2) is 0 Å². The summed E-state index contributed by atoms with van der Waals surface area (Å²) < 4.78 is 5.97. The second kappa shape index (κ2) is 5.94. The molecule has 0 amide bonds. The van der Waals surface area contributed by atoms with Gasteiger partial charge in [-0.3, -0.25) is 0 Å². The van der Waals surface area contributed by atoms with Gasteiger partial charge in [0.1, 0.15) is 0 Å². The Morgan fingerprint density at radius 1 is 1.47 bits per heavy atom. The smallest absolute Gasteiger partial charge is 0.0685 e. The van der Waals surface area contributed by atoms with Crippen LogP contribution in [0.4, 0.5) is 0 Å². The van der Waals surface area contributed by atoms with Gasteiger partial charge in [0.2, 0.25) is 0 Å². The van der Waals surface area contributed by atoms with Crippen LogP contribution in [0.3, 0.4) is 0 Å². The predicted octanol–water partition coefficient (Wildman–Crippen LogP) is 3.19. The topological polar surface area (TPSA) is 35.2 Å². The molecule has 3 heteroatoms. The molecule has 2 N–H and O–H groups in total. The molecule has 0 radical (unpaired) electrons. The van der Waals surface area contributed by atoms with Crippen LogP contribution in [0, 0.1) is 5.92 Å². The highest BCUT2D eigenvalue weighted by molar-refractivity contribution is 7.99. The van der Waals surface area contributed by atoms with Crippen molar-refractivity contribution in [1.82, 2.24) is 0 Å². The van der Waals surface area contributed by atoms with E-state index in [1.165, 1.54) is 38.5 Å². The highest BCUT2D eigenvalue weighted by Crippen LogP contribution is 2.45. The molecular formula is C14H27NOS. The summed E-state index contributed by atoms with van der Waals surface area (Å²) in [6.45, 7) is 5.49. The van der Waals surface area contributed by atoms with Crippen LogP contribution < -0.4 is 5.73 Å². The third-order valence-corrected chi connectivity index (χ3v) is 6.03. The van der Waals surface area contributed by atoms with Crippen molar-refractivity contribution in [2.45, 2.75) is 69.3 Å². The van der Waals surface area contributed by atoms with Crippen LogP contribution >= 0.6 is 11.8 Å². The van der Waals surface area contributed by atoms with Gasteiger partial charge in [0.25, 0.3) is 0 Å². The Bertz CT molecular complexity index is 242. The van der Waals surface area contributed by atoms with Gasteiger partial charge in [-0.05, 0) is 44.4 Å². The zero-order valence-electron chi connectivity index (χ0n) is 11.3. The maximum Gasteiger partial charge on any atom is 0.0685 e. The van der Waals surface area contributed by atoms with E-state index >= 15 is 0 Å². The van der Waals surface area contributed by atoms with Crippen LogP contribution in [-0.2, 0) is 4.74 Å². The van der Waals surface area contributed by atoms with Crippen molar-refractivity contribution >= 4 is 11.8 Å². The summed E-state index contributed by atoms with van der Waals surface area (Å²) in [5.41, 5.74) is 6.63. The normalized spacial score (nSPS) is 30.9. The average Bonchev–Trinajstić information content (AvgIpc) is 2.33. The third-order valence-electron chi connectivity index (χ3n) is 4.55. The lowest BCUT2D eigenvalue weighted by molar-refractivity contribution is -0.145. The van der Waals surface area contributed by atoms with Crippen molar-refractivity contribution in [1.29, 1.82) is 0 Å². The largest absolute Gasteiger partial charge is 0.375 e. The summed E-state index contributed by atoms with van der Waals surface area (Å²) in [5, 5.41) is 0.749. The number of hydrogen-bond donors (Lipinski definition) is 1. The Labute approximate surface area is 110 Å². The van der Waals surface area contributed by atoms with Gasteiger partial charge in [-0.2, -0.15) is 11.8 Å². The van der Waals surface area contributed by atoms with Gasteiger partial charge >= 0.3 is 0 Å². The standard InChI is InChI=1S/C14H27NOS/c1-3-11(2)17-10-13(15)12-5-8-16-14(9-12)6-4-7-14/h11-13H,3-10,15H2,1-2H3. The quantitative estimate of drug-likeness (QED) is 0.821. The first-order valence-electron chi connectivity index (χ1n) is 7.16. The maximum absolute atomic E-state index is 6.37. The number of nitrogens with two attached hydrogens (primary N) is 1. The first-order valence-corrected chi connectivity index (χ1v) is 8.21. The summed E-state index contributed by atoms with van der Waals surface area (Å²) in [7, 11) is 0. The Kier molecular flexibility index (Phi) is 4.79. The van der Waals surface area contributed by atoms with E-state index in [0.717, 1.165) is 17.6 Å². The number of hydrogen-bond acceptors (Lipinski definition) is 3. The average molecular weight is 257 g/mol. The molecule has 2 rings (SSSR count). The van der Waals surface area contributed by atoms with E-state index in [1.807, 2.05) is 11.8 Å². The van der Waals surface area contributed by atoms with Crippen LogP contribution in [0.2, 0.25) is 0 Å². The molecule has 1 saturated carbocycles. The van der Waals surface area contributed by atoms with Gasteiger partial charge in [-0.1, -0.05) is 13.8 Å². The van der Waals surface area contributed by atoms with Crippen LogP contribution in [-0.4, -0.2) is 29.3 Å². The summed E-state index contributed by atoms with van der Waals surface area (Å²) >= 11 is 2.04. The molecule has 17 heavy (non-hydrogen) atoms. The molecule has 0 bridgehead atoms. The van der Waals surface area contributed by atoms with Crippen molar-refractivity contribution in [3.8, 4) is 0 Å². The van der Waals surface area contributed by atoms with Gasteiger partial charge < -0.3 is 10.5 Å². The first kappa shape index (κ1) is 13.7. The minimum Gasteiger partial charge on any atom is -0.375 e. The molecule has 0 aromatic heterocycles. The summed E-state index contributed by atoms with van der Waals surface area (Å²) in [5.74, 6) is 1.82. The summed E-state index contributed by atoms with van der Waals surface area (Å²) in [6.07, 6.45) is 7.53. The Morgan fingerprint density at radius 3 is 2.82 bits per heavy atom. The van der Waals surface area contributed by atoms with E-state index in [0.29, 0.717) is 12.0 Å². The second-order valence-corrected chi connectivity index (χ2v) is 7.33. The molecule has 1 heterocycles. The van der Waals surface area contributed by atoms with Crippen molar-refractivity contribution < 1.29 is 4.74 Å². The van der Waals surface area contributed by atoms with E-state index in [-0.39, 0.29) is 5.60 Å². The minimum absolute atomic E-state index is 0.252. The molecule has 0 aromatic carbocycles. The van der Waals surface area contributed by atoms with E-state index < -0.39 is 0 Å². The summed E-state index contributed by atoms with van der Waals surface area (Å²) in [4.78, 5) is 0. The fourth-order valence-electron chi connectivity index (χ4n) is 2.88. The number of rotatable bonds is 5. The van der Waals surface area contributed by atoms with E-state index in [9.17, 15) is 0 Å². The first-order chi connectivity index (χ1) is 8.15. The molecule has 1 aliphatic carbocycles. The van der Waals surface area contributed by atoms with E-state index in [2.05, 4.69) is 13.8 Å². The Morgan fingerprint density at radius 2 is 2.24 bits per heavy atom. The molecule has 2 nitrogen and oxygen atoms in total. The Balaban J connectivity index is 1.76. The number of thioether (sulfide) groups is 1. The fourth-order valence-corrected chi connectivity index (χ4v) is 3.94. The van der Waals surface area contributed by atoms with Gasteiger partial charge in [-0.15, -0.1) is 0 Å². The van der Waals surface area contributed by atoms with Crippen LogP contribution in [0.5, 0.6) is 0 Å². The minimum atomic E-state index is 0.252. The molecular weight excluding hydrogens is 230 g/mol. The molecule has 3 unspecified atom stereocenters. The summed E-state index contributed by atoms with van der Waals surface area (Å²) in [6, 6.07) is 0.371.